The number of H-pyrrole nitrogens is 1. The second-order valence-corrected chi connectivity index (χ2v) is 4.51. The number of anilines is 1. The summed E-state index contributed by atoms with van der Waals surface area (Å²) in [5, 5.41) is 8.93. The van der Waals surface area contributed by atoms with Crippen LogP contribution in [0.1, 0.15) is 25.7 Å². The molecule has 1 aliphatic carbocycles. The van der Waals surface area contributed by atoms with Crippen LogP contribution in [0.4, 0.5) is 5.82 Å². The Balaban J connectivity index is 1.92. The van der Waals surface area contributed by atoms with Gasteiger partial charge in [-0.15, -0.1) is 0 Å². The zero-order chi connectivity index (χ0) is 11.5. The minimum absolute atomic E-state index is 0.131. The molecule has 4 heteroatoms. The lowest BCUT2D eigenvalue weighted by atomic mass is 9.85. The molecule has 2 N–H and O–H groups in total. The Labute approximate surface area is 95.3 Å². The van der Waals surface area contributed by atoms with Crippen molar-refractivity contribution in [2.24, 2.45) is 5.92 Å². The molecule has 2 rings (SSSR count). The lowest BCUT2D eigenvalue weighted by molar-refractivity contribution is -0.142. The summed E-state index contributed by atoms with van der Waals surface area (Å²) in [4.78, 5) is 16.2. The highest BCUT2D eigenvalue weighted by Crippen LogP contribution is 2.29. The molecule has 0 spiro atoms. The number of aromatic amines is 1. The topological polar surface area (TPSA) is 56.3 Å². The van der Waals surface area contributed by atoms with E-state index in [1.54, 1.807) is 0 Å². The van der Waals surface area contributed by atoms with Gasteiger partial charge in [0.1, 0.15) is 5.82 Å². The number of hydrogen-bond acceptors (Lipinski definition) is 2. The van der Waals surface area contributed by atoms with Crippen LogP contribution in [-0.2, 0) is 4.79 Å². The van der Waals surface area contributed by atoms with Crippen LogP contribution in [0.15, 0.2) is 18.3 Å². The third-order valence-corrected chi connectivity index (χ3v) is 3.56. The zero-order valence-electron chi connectivity index (χ0n) is 9.52. The molecule has 1 fully saturated rings. The van der Waals surface area contributed by atoms with Gasteiger partial charge in [0.2, 0.25) is 0 Å². The number of carboxylic acid groups (broad SMARTS) is 1. The van der Waals surface area contributed by atoms with Gasteiger partial charge >= 0.3 is 5.97 Å². The van der Waals surface area contributed by atoms with Crippen molar-refractivity contribution in [2.45, 2.75) is 31.7 Å². The number of rotatable bonds is 3. The van der Waals surface area contributed by atoms with Crippen molar-refractivity contribution in [1.29, 1.82) is 0 Å². The van der Waals surface area contributed by atoms with Gasteiger partial charge in [0.15, 0.2) is 0 Å². The minimum atomic E-state index is -0.638. The summed E-state index contributed by atoms with van der Waals surface area (Å²) in [5.41, 5.74) is 0. The molecule has 1 aromatic rings. The number of carboxylic acids is 1. The smallest absolute Gasteiger partial charge is 0.306 e. The first-order valence-corrected chi connectivity index (χ1v) is 5.77. The van der Waals surface area contributed by atoms with Gasteiger partial charge < -0.3 is 15.0 Å². The second kappa shape index (κ2) is 4.60. The Kier molecular flexibility index (Phi) is 3.17. The van der Waals surface area contributed by atoms with Crippen molar-refractivity contribution >= 4 is 11.8 Å². The second-order valence-electron chi connectivity index (χ2n) is 4.51. The Morgan fingerprint density at radius 2 is 2.12 bits per heavy atom. The standard InChI is InChI=1S/C12H18N2O2/c1-14(11-3-2-8-13-11)10-6-4-9(5-7-10)12(15)16/h2-3,8-10,13H,4-7H2,1H3,(H,15,16). The maximum absolute atomic E-state index is 10.8. The maximum Gasteiger partial charge on any atom is 0.306 e. The van der Waals surface area contributed by atoms with Crippen molar-refractivity contribution in [3.8, 4) is 0 Å². The van der Waals surface area contributed by atoms with Crippen LogP contribution in [0.5, 0.6) is 0 Å². The monoisotopic (exact) mass is 222 g/mol. The molecule has 0 unspecified atom stereocenters. The molecule has 0 bridgehead atoms. The Bertz CT molecular complexity index is 340. The minimum Gasteiger partial charge on any atom is -0.481 e. The molecule has 0 saturated heterocycles. The van der Waals surface area contributed by atoms with Gasteiger partial charge in [-0.3, -0.25) is 4.79 Å². The number of nitrogens with zero attached hydrogens (tertiary/aromatic N) is 1. The lowest BCUT2D eigenvalue weighted by Crippen LogP contribution is -2.36. The number of aromatic nitrogens is 1. The van der Waals surface area contributed by atoms with Crippen LogP contribution in [0.25, 0.3) is 0 Å². The van der Waals surface area contributed by atoms with Crippen LogP contribution >= 0.6 is 0 Å². The number of nitrogens with one attached hydrogen (secondary N) is 1. The SMILES string of the molecule is CN(c1ccc[nH]1)C1CCC(C(=O)O)CC1. The van der Waals surface area contributed by atoms with Crippen LogP contribution in [0, 0.1) is 5.92 Å². The molecule has 4 nitrogen and oxygen atoms in total. The molecule has 0 aliphatic heterocycles. The molecular formula is C12H18N2O2. The first-order chi connectivity index (χ1) is 7.68. The van der Waals surface area contributed by atoms with Crippen molar-refractivity contribution in [3.63, 3.8) is 0 Å². The fourth-order valence-corrected chi connectivity index (χ4v) is 2.45. The summed E-state index contributed by atoms with van der Waals surface area (Å²) >= 11 is 0. The molecule has 1 aliphatic rings. The van der Waals surface area contributed by atoms with Crippen LogP contribution in [0.2, 0.25) is 0 Å². The normalized spacial score (nSPS) is 25.3. The third-order valence-electron chi connectivity index (χ3n) is 3.56. The third kappa shape index (κ3) is 2.21. The van der Waals surface area contributed by atoms with Gasteiger partial charge in [0, 0.05) is 19.3 Å². The first kappa shape index (κ1) is 11.0. The van der Waals surface area contributed by atoms with E-state index in [4.69, 9.17) is 5.11 Å². The summed E-state index contributed by atoms with van der Waals surface area (Å²) in [5.74, 6) is 0.341. The molecule has 1 aromatic heterocycles. The number of aliphatic carboxylic acids is 1. The molecule has 0 amide bonds. The molecule has 1 heterocycles. The predicted octanol–water partition coefficient (Wildman–Crippen LogP) is 2.09. The van der Waals surface area contributed by atoms with E-state index >= 15 is 0 Å². The highest BCUT2D eigenvalue weighted by Gasteiger charge is 2.28. The zero-order valence-corrected chi connectivity index (χ0v) is 9.52. The highest BCUT2D eigenvalue weighted by atomic mass is 16.4. The Morgan fingerprint density at radius 3 is 2.62 bits per heavy atom. The predicted molar refractivity (Wildman–Crippen MR) is 62.6 cm³/mol. The summed E-state index contributed by atoms with van der Waals surface area (Å²) < 4.78 is 0. The molecule has 0 atom stereocenters. The van der Waals surface area contributed by atoms with E-state index < -0.39 is 5.97 Å². The quantitative estimate of drug-likeness (QED) is 0.823. The molecule has 0 radical (unpaired) electrons. The van der Waals surface area contributed by atoms with Gasteiger partial charge in [-0.1, -0.05) is 0 Å². The van der Waals surface area contributed by atoms with E-state index in [2.05, 4.69) is 16.9 Å². The molecule has 88 valence electrons. The average molecular weight is 222 g/mol. The summed E-state index contributed by atoms with van der Waals surface area (Å²) in [6, 6.07) is 4.49. The lowest BCUT2D eigenvalue weighted by Gasteiger charge is -2.34. The highest BCUT2D eigenvalue weighted by molar-refractivity contribution is 5.70. The Hall–Kier alpha value is -1.45. The molecule has 0 aromatic carbocycles. The maximum atomic E-state index is 10.8. The van der Waals surface area contributed by atoms with Crippen molar-refractivity contribution in [3.05, 3.63) is 18.3 Å². The van der Waals surface area contributed by atoms with E-state index in [0.717, 1.165) is 31.5 Å². The van der Waals surface area contributed by atoms with Gasteiger partial charge in [-0.25, -0.2) is 0 Å². The van der Waals surface area contributed by atoms with Gasteiger partial charge in [-0.2, -0.15) is 0 Å². The van der Waals surface area contributed by atoms with Crippen LogP contribution in [-0.4, -0.2) is 29.1 Å². The van der Waals surface area contributed by atoms with Gasteiger partial charge in [-0.05, 0) is 37.8 Å². The summed E-state index contributed by atoms with van der Waals surface area (Å²) in [7, 11) is 2.07. The summed E-state index contributed by atoms with van der Waals surface area (Å²) in [6.07, 6.45) is 5.43. The molecular weight excluding hydrogens is 204 g/mol. The van der Waals surface area contributed by atoms with Crippen molar-refractivity contribution < 1.29 is 9.90 Å². The van der Waals surface area contributed by atoms with E-state index in [0.29, 0.717) is 6.04 Å². The average Bonchev–Trinajstić information content (AvgIpc) is 2.81. The van der Waals surface area contributed by atoms with E-state index in [9.17, 15) is 4.79 Å². The largest absolute Gasteiger partial charge is 0.481 e. The van der Waals surface area contributed by atoms with Crippen molar-refractivity contribution in [2.75, 3.05) is 11.9 Å². The first-order valence-electron chi connectivity index (χ1n) is 5.77. The molecule has 16 heavy (non-hydrogen) atoms. The van der Waals surface area contributed by atoms with Gasteiger partial charge in [0.05, 0.1) is 5.92 Å². The van der Waals surface area contributed by atoms with Crippen molar-refractivity contribution in [1.82, 2.24) is 4.98 Å². The number of hydrogen-bond donors (Lipinski definition) is 2. The van der Waals surface area contributed by atoms with Crippen LogP contribution < -0.4 is 4.90 Å². The van der Waals surface area contributed by atoms with Gasteiger partial charge in [0.25, 0.3) is 0 Å². The van der Waals surface area contributed by atoms with E-state index in [-0.39, 0.29) is 5.92 Å². The fourth-order valence-electron chi connectivity index (χ4n) is 2.45. The Morgan fingerprint density at radius 1 is 1.44 bits per heavy atom. The molecule has 1 saturated carbocycles. The summed E-state index contributed by atoms with van der Waals surface area (Å²) in [6.45, 7) is 0. The fraction of sp³-hybridized carbons (Fsp3) is 0.583. The number of carbonyl (C=O) groups is 1. The van der Waals surface area contributed by atoms with E-state index in [1.807, 2.05) is 18.3 Å². The van der Waals surface area contributed by atoms with Crippen LogP contribution in [0.3, 0.4) is 0 Å². The van der Waals surface area contributed by atoms with E-state index in [1.165, 1.54) is 0 Å².